The van der Waals surface area contributed by atoms with Gasteiger partial charge >= 0.3 is 37.9 Å². The van der Waals surface area contributed by atoms with E-state index in [1.807, 2.05) is 0 Å². The van der Waals surface area contributed by atoms with Crippen molar-refractivity contribution in [3.8, 4) is 0 Å². The predicted octanol–water partition coefficient (Wildman–Crippen LogP) is 6.90. The average Bonchev–Trinajstić information content (AvgIpc) is 3.16. The standard InChI is InChI=1S/C21H18.2ClH.Zr/c1-15-13-19-7-4-6-17(21(19)14-15)10-12-18-11-9-16-5-2-3-8-20(16)18;;;/h2-9,11,13-14H,10,12H2,1H3;2*1H;/q-2;;;+4/p-2. The number of hydrogen-bond acceptors (Lipinski definition) is 0. The molecule has 0 nitrogen and oxygen atoms in total. The maximum atomic E-state index is 4.93. The molecule has 0 radical (unpaired) electrons. The zero-order valence-corrected chi connectivity index (χ0v) is 17.5. The van der Waals surface area contributed by atoms with E-state index in [1.165, 1.54) is 38.2 Å². The van der Waals surface area contributed by atoms with E-state index in [0.29, 0.717) is 0 Å². The first-order valence-electron chi connectivity index (χ1n) is 7.97. The van der Waals surface area contributed by atoms with Gasteiger partial charge < -0.3 is 0 Å². The number of aryl methyl sites for hydroxylation is 3. The Morgan fingerprint density at radius 2 is 1.75 bits per heavy atom. The summed E-state index contributed by atoms with van der Waals surface area (Å²) in [6, 6.07) is 24.4. The normalized spacial score (nSPS) is 10.5. The van der Waals surface area contributed by atoms with Crippen LogP contribution < -0.4 is 0 Å². The minimum absolute atomic E-state index is 0.826. The number of benzene rings is 2. The van der Waals surface area contributed by atoms with Gasteiger partial charge in [0, 0.05) is 0 Å². The first-order chi connectivity index (χ1) is 11.7. The summed E-state index contributed by atoms with van der Waals surface area (Å²) in [4.78, 5) is 0. The molecule has 24 heavy (non-hydrogen) atoms. The quantitative estimate of drug-likeness (QED) is 0.309. The van der Waals surface area contributed by atoms with Crippen LogP contribution in [-0.2, 0) is 33.7 Å². The van der Waals surface area contributed by atoms with Crippen molar-refractivity contribution < 1.29 is 20.8 Å². The van der Waals surface area contributed by atoms with E-state index < -0.39 is 20.8 Å². The maximum absolute atomic E-state index is 4.93. The van der Waals surface area contributed by atoms with E-state index in [9.17, 15) is 0 Å². The van der Waals surface area contributed by atoms with Crippen LogP contribution in [0.3, 0.4) is 0 Å². The van der Waals surface area contributed by atoms with Crippen molar-refractivity contribution in [3.05, 3.63) is 83.4 Å². The van der Waals surface area contributed by atoms with Gasteiger partial charge in [-0.15, -0.1) is 80.7 Å². The summed E-state index contributed by atoms with van der Waals surface area (Å²) >= 11 is -0.826. The Morgan fingerprint density at radius 3 is 2.58 bits per heavy atom. The van der Waals surface area contributed by atoms with Gasteiger partial charge in [0.15, 0.2) is 0 Å². The zero-order chi connectivity index (χ0) is 16.9. The van der Waals surface area contributed by atoms with E-state index >= 15 is 0 Å². The molecule has 0 atom stereocenters. The van der Waals surface area contributed by atoms with Crippen LogP contribution in [0, 0.1) is 6.92 Å². The summed E-state index contributed by atoms with van der Waals surface area (Å²) in [6.45, 7) is 2.18. The molecule has 4 aromatic carbocycles. The van der Waals surface area contributed by atoms with Gasteiger partial charge in [-0.2, -0.15) is 12.1 Å². The van der Waals surface area contributed by atoms with Crippen LogP contribution in [0.4, 0.5) is 0 Å². The molecule has 0 N–H and O–H groups in total. The van der Waals surface area contributed by atoms with Crippen molar-refractivity contribution in [2.24, 2.45) is 0 Å². The topological polar surface area (TPSA) is 0 Å². The van der Waals surface area contributed by atoms with Crippen molar-refractivity contribution in [2.75, 3.05) is 0 Å². The molecule has 0 heterocycles. The van der Waals surface area contributed by atoms with Crippen molar-refractivity contribution >= 4 is 38.6 Å². The van der Waals surface area contributed by atoms with Gasteiger partial charge in [-0.1, -0.05) is 31.9 Å². The van der Waals surface area contributed by atoms with Crippen LogP contribution in [0.1, 0.15) is 16.7 Å². The van der Waals surface area contributed by atoms with Crippen LogP contribution in [0.25, 0.3) is 21.5 Å². The molecule has 0 aliphatic heterocycles. The zero-order valence-electron chi connectivity index (χ0n) is 13.5. The Bertz CT molecular complexity index is 933. The molecule has 120 valence electrons. The fourth-order valence-electron chi connectivity index (χ4n) is 3.37. The molecule has 0 saturated carbocycles. The number of rotatable bonds is 3. The second-order valence-corrected chi connectivity index (χ2v) is 9.70. The van der Waals surface area contributed by atoms with Crippen LogP contribution in [-0.4, -0.2) is 0 Å². The summed E-state index contributed by atoms with van der Waals surface area (Å²) in [6.07, 6.45) is 2.21. The Labute approximate surface area is 161 Å². The van der Waals surface area contributed by atoms with E-state index in [1.54, 1.807) is 0 Å². The number of halogens is 2. The summed E-state index contributed by atoms with van der Waals surface area (Å²) in [5.74, 6) is 0. The van der Waals surface area contributed by atoms with Crippen molar-refractivity contribution in [1.82, 2.24) is 0 Å². The van der Waals surface area contributed by atoms with Crippen LogP contribution in [0.15, 0.2) is 66.7 Å². The molecule has 3 heteroatoms. The predicted molar refractivity (Wildman–Crippen MR) is 103 cm³/mol. The molecule has 4 aromatic rings. The SMILES string of the molecule is Cc1cc2cccc(CC[c-]3ccc4ccccc43)c2[cH-]1.[Cl][Zr+2][Cl]. The fourth-order valence-corrected chi connectivity index (χ4v) is 3.37. The second-order valence-electron chi connectivity index (χ2n) is 5.97. The molecule has 0 bridgehead atoms. The molecular formula is C21H18Cl2Zr. The van der Waals surface area contributed by atoms with E-state index in [4.69, 9.17) is 17.0 Å². The molecule has 0 saturated heterocycles. The third-order valence-electron chi connectivity index (χ3n) is 4.42. The number of fused-ring (bicyclic) bond motifs is 2. The van der Waals surface area contributed by atoms with Crippen LogP contribution >= 0.6 is 17.0 Å². The summed E-state index contributed by atoms with van der Waals surface area (Å²) in [5.41, 5.74) is 4.29. The van der Waals surface area contributed by atoms with Crippen LogP contribution in [0.2, 0.25) is 0 Å². The van der Waals surface area contributed by atoms with Gasteiger partial charge in [-0.05, 0) is 0 Å². The van der Waals surface area contributed by atoms with E-state index in [-0.39, 0.29) is 0 Å². The third kappa shape index (κ3) is 4.02. The van der Waals surface area contributed by atoms with Gasteiger partial charge in [0.1, 0.15) is 0 Å². The van der Waals surface area contributed by atoms with Crippen molar-refractivity contribution in [3.63, 3.8) is 0 Å². The molecule has 0 aromatic heterocycles. The Morgan fingerprint density at radius 1 is 1.00 bits per heavy atom. The van der Waals surface area contributed by atoms with E-state index in [2.05, 4.69) is 73.7 Å². The van der Waals surface area contributed by atoms with Crippen LogP contribution in [0.5, 0.6) is 0 Å². The van der Waals surface area contributed by atoms with Gasteiger partial charge in [0.05, 0.1) is 0 Å². The molecule has 0 unspecified atom stereocenters. The van der Waals surface area contributed by atoms with E-state index in [0.717, 1.165) is 12.8 Å². The van der Waals surface area contributed by atoms with Gasteiger partial charge in [0.25, 0.3) is 0 Å². The Kier molecular flexibility index (Phi) is 6.33. The minimum atomic E-state index is -0.826. The Hall–Kier alpha value is -0.877. The van der Waals surface area contributed by atoms with Crippen molar-refractivity contribution in [1.29, 1.82) is 0 Å². The fraction of sp³-hybridized carbons (Fsp3) is 0.143. The van der Waals surface area contributed by atoms with Gasteiger partial charge in [-0.3, -0.25) is 0 Å². The number of hydrogen-bond donors (Lipinski definition) is 0. The summed E-state index contributed by atoms with van der Waals surface area (Å²) in [5, 5.41) is 5.56. The summed E-state index contributed by atoms with van der Waals surface area (Å²) < 4.78 is 0. The molecular weight excluding hydrogens is 414 g/mol. The van der Waals surface area contributed by atoms with Gasteiger partial charge in [0.2, 0.25) is 0 Å². The molecule has 0 spiro atoms. The first-order valence-corrected chi connectivity index (χ1v) is 14.3. The average molecular weight is 433 g/mol. The Balaban J connectivity index is 0.000000526. The van der Waals surface area contributed by atoms with Crippen molar-refractivity contribution in [2.45, 2.75) is 19.8 Å². The monoisotopic (exact) mass is 430 g/mol. The first kappa shape index (κ1) is 17.9. The molecule has 0 aliphatic rings. The molecule has 4 rings (SSSR count). The third-order valence-corrected chi connectivity index (χ3v) is 4.42. The molecule has 0 aliphatic carbocycles. The second kappa shape index (κ2) is 8.48. The summed E-state index contributed by atoms with van der Waals surface area (Å²) in [7, 11) is 9.87. The van der Waals surface area contributed by atoms with Gasteiger partial charge in [-0.25, -0.2) is 0 Å². The molecule has 0 amide bonds. The molecule has 0 fully saturated rings.